The Bertz CT molecular complexity index is 1180. The normalized spacial score (nSPS) is 11.2. The lowest BCUT2D eigenvalue weighted by Crippen LogP contribution is -2.35. The van der Waals surface area contributed by atoms with Crippen LogP contribution in [0.15, 0.2) is 64.2 Å². The molecule has 0 spiro atoms. The van der Waals surface area contributed by atoms with E-state index in [0.717, 1.165) is 15.5 Å². The van der Waals surface area contributed by atoms with Crippen LogP contribution in [0.3, 0.4) is 0 Å². The number of hydrogen-bond acceptors (Lipinski definition) is 3. The minimum Gasteiger partial charge on any atom is -0.292 e. The maximum Gasteiger partial charge on any atom is 0.352 e. The van der Waals surface area contributed by atoms with Crippen molar-refractivity contribution in [3.05, 3.63) is 80.5 Å². The zero-order chi connectivity index (χ0) is 16.8. The van der Waals surface area contributed by atoms with Crippen molar-refractivity contribution in [1.29, 1.82) is 0 Å². The van der Waals surface area contributed by atoms with Gasteiger partial charge in [0.2, 0.25) is 0 Å². The second-order valence-corrected chi connectivity index (χ2v) is 5.89. The van der Waals surface area contributed by atoms with Crippen molar-refractivity contribution in [2.45, 2.75) is 0 Å². The number of rotatable bonds is 1. The fourth-order valence-corrected chi connectivity index (χ4v) is 3.07. The van der Waals surface area contributed by atoms with Gasteiger partial charge in [-0.3, -0.25) is 13.9 Å². The van der Waals surface area contributed by atoms with Gasteiger partial charge in [-0.25, -0.2) is 4.79 Å². The van der Waals surface area contributed by atoms with Crippen molar-refractivity contribution in [3.8, 4) is 17.1 Å². The lowest BCUT2D eigenvalue weighted by atomic mass is 10.1. The first-order valence-corrected chi connectivity index (χ1v) is 7.72. The van der Waals surface area contributed by atoms with E-state index in [1.165, 1.54) is 7.05 Å². The molecule has 0 saturated carbocycles. The quantitative estimate of drug-likeness (QED) is 0.502. The molecule has 5 nitrogen and oxygen atoms in total. The first kappa shape index (κ1) is 14.7. The molecule has 6 heteroatoms. The third-order valence-corrected chi connectivity index (χ3v) is 4.37. The maximum atomic E-state index is 12.5. The molecule has 0 atom stereocenters. The number of fused-ring (bicyclic) bond motifs is 2. The number of aromatic nitrogens is 3. The number of hydrogen-bond donors (Lipinski definition) is 0. The molecule has 0 bridgehead atoms. The Kier molecular flexibility index (Phi) is 3.25. The molecule has 24 heavy (non-hydrogen) atoms. The maximum absolute atomic E-state index is 12.5. The van der Waals surface area contributed by atoms with Crippen LogP contribution in [0.1, 0.15) is 0 Å². The van der Waals surface area contributed by atoms with Crippen molar-refractivity contribution in [1.82, 2.24) is 14.1 Å². The molecule has 0 fully saturated rings. The van der Waals surface area contributed by atoms with Crippen molar-refractivity contribution < 1.29 is 0 Å². The highest BCUT2D eigenvalue weighted by Gasteiger charge is 2.20. The molecule has 0 N–H and O–H groups in total. The van der Waals surface area contributed by atoms with Crippen LogP contribution in [0.2, 0.25) is 5.02 Å². The molecular formula is C18H12ClN3O2. The van der Waals surface area contributed by atoms with Crippen LogP contribution in [-0.4, -0.2) is 14.1 Å². The number of nitrogens with zero attached hydrogens (tertiary/aromatic N) is 3. The van der Waals surface area contributed by atoms with E-state index in [9.17, 15) is 9.59 Å². The van der Waals surface area contributed by atoms with Gasteiger partial charge in [0, 0.05) is 7.05 Å². The third kappa shape index (κ3) is 2.06. The van der Waals surface area contributed by atoms with Crippen LogP contribution in [0, 0.1) is 0 Å². The minimum absolute atomic E-state index is 0.301. The van der Waals surface area contributed by atoms with E-state index < -0.39 is 5.69 Å². The predicted octanol–water partition coefficient (Wildman–Crippen LogP) is 2.84. The smallest absolute Gasteiger partial charge is 0.292 e. The van der Waals surface area contributed by atoms with Gasteiger partial charge < -0.3 is 0 Å². The Hall–Kier alpha value is -2.92. The standard InChI is InChI=1S/C18H12ClN3O2/c1-21-17(23)12-10-11-6-2-4-8-14(11)22(16(12)20-18(21)24)15-9-5-3-7-13(15)19/h2-10H,1H3. The number of halogens is 1. The Morgan fingerprint density at radius 3 is 2.50 bits per heavy atom. The van der Waals surface area contributed by atoms with Gasteiger partial charge in [0.25, 0.3) is 5.56 Å². The van der Waals surface area contributed by atoms with E-state index in [4.69, 9.17) is 11.6 Å². The van der Waals surface area contributed by atoms with Crippen LogP contribution in [-0.2, 0) is 7.05 Å². The van der Waals surface area contributed by atoms with Crippen LogP contribution in [0.5, 0.6) is 0 Å². The first-order valence-electron chi connectivity index (χ1n) is 7.34. The lowest BCUT2D eigenvalue weighted by Gasteiger charge is -2.19. The first-order chi connectivity index (χ1) is 11.6. The molecule has 0 radical (unpaired) electrons. The molecule has 2 heterocycles. The van der Waals surface area contributed by atoms with Gasteiger partial charge in [-0.2, -0.15) is 4.98 Å². The topological polar surface area (TPSA) is 56.9 Å². The van der Waals surface area contributed by atoms with Crippen LogP contribution in [0.4, 0.5) is 0 Å². The fraction of sp³-hybridized carbons (Fsp3) is 0.0556. The molecule has 2 aromatic rings. The van der Waals surface area contributed by atoms with Crippen molar-refractivity contribution in [3.63, 3.8) is 0 Å². The van der Waals surface area contributed by atoms with E-state index in [1.54, 1.807) is 16.7 Å². The molecule has 2 aliphatic rings. The molecule has 4 rings (SSSR count). The molecule has 118 valence electrons. The average molecular weight is 338 g/mol. The summed E-state index contributed by atoms with van der Waals surface area (Å²) in [6.45, 7) is 0. The van der Waals surface area contributed by atoms with E-state index in [2.05, 4.69) is 4.98 Å². The van der Waals surface area contributed by atoms with Gasteiger partial charge in [0.1, 0.15) is 0 Å². The van der Waals surface area contributed by atoms with Gasteiger partial charge >= 0.3 is 5.69 Å². The minimum atomic E-state index is -0.594. The van der Waals surface area contributed by atoms with Gasteiger partial charge in [-0.05, 0) is 29.7 Å². The summed E-state index contributed by atoms with van der Waals surface area (Å²) in [6.07, 6.45) is 0. The Morgan fingerprint density at radius 2 is 1.71 bits per heavy atom. The van der Waals surface area contributed by atoms with E-state index >= 15 is 0 Å². The summed E-state index contributed by atoms with van der Waals surface area (Å²) >= 11 is 6.36. The summed E-state index contributed by atoms with van der Waals surface area (Å²) in [5.41, 5.74) is 0.884. The summed E-state index contributed by atoms with van der Waals surface area (Å²) in [7, 11) is 1.42. The van der Waals surface area contributed by atoms with Gasteiger partial charge in [-0.1, -0.05) is 41.9 Å². The molecular weight excluding hydrogens is 326 g/mol. The van der Waals surface area contributed by atoms with Crippen LogP contribution >= 0.6 is 11.6 Å². The number of benzene rings is 2. The highest BCUT2D eigenvalue weighted by Crippen LogP contribution is 2.30. The largest absolute Gasteiger partial charge is 0.352 e. The SMILES string of the molecule is Cn1c(=O)nc2n(-c3ccccc3Cl)c3ccccc3cc-2c1=O. The lowest BCUT2D eigenvalue weighted by molar-refractivity contribution is 0.766. The molecule has 2 aliphatic heterocycles. The van der Waals surface area contributed by atoms with Crippen molar-refractivity contribution in [2.75, 3.05) is 0 Å². The second-order valence-electron chi connectivity index (χ2n) is 5.49. The summed E-state index contributed by atoms with van der Waals surface area (Å²) in [4.78, 5) is 28.7. The Labute approximate surface area is 141 Å². The summed E-state index contributed by atoms with van der Waals surface area (Å²) in [6, 6.07) is 16.6. The van der Waals surface area contributed by atoms with Gasteiger partial charge in [0.05, 0.1) is 21.8 Å². The monoisotopic (exact) mass is 337 g/mol. The summed E-state index contributed by atoms with van der Waals surface area (Å²) in [5.74, 6) is 0.301. The fourth-order valence-electron chi connectivity index (χ4n) is 2.85. The summed E-state index contributed by atoms with van der Waals surface area (Å²) in [5, 5.41) is 1.37. The van der Waals surface area contributed by atoms with E-state index in [0.29, 0.717) is 22.1 Å². The molecule has 0 amide bonds. The highest BCUT2D eigenvalue weighted by atomic mass is 35.5. The molecule has 0 saturated heterocycles. The average Bonchev–Trinajstić information content (AvgIpc) is 2.59. The second kappa shape index (κ2) is 5.32. The molecule has 2 aromatic carbocycles. The zero-order valence-corrected chi connectivity index (χ0v) is 13.5. The van der Waals surface area contributed by atoms with Crippen molar-refractivity contribution >= 4 is 22.5 Å². The van der Waals surface area contributed by atoms with Crippen LogP contribution < -0.4 is 11.2 Å². The van der Waals surface area contributed by atoms with Crippen LogP contribution in [0.25, 0.3) is 28.0 Å². The summed E-state index contributed by atoms with van der Waals surface area (Å²) < 4.78 is 2.77. The predicted molar refractivity (Wildman–Crippen MR) is 94.2 cm³/mol. The van der Waals surface area contributed by atoms with E-state index in [-0.39, 0.29) is 5.56 Å². The third-order valence-electron chi connectivity index (χ3n) is 4.05. The molecule has 0 aliphatic carbocycles. The van der Waals surface area contributed by atoms with Gasteiger partial charge in [-0.15, -0.1) is 0 Å². The van der Waals surface area contributed by atoms with Crippen molar-refractivity contribution in [2.24, 2.45) is 7.05 Å². The number of para-hydroxylation sites is 2. The van der Waals surface area contributed by atoms with E-state index in [1.807, 2.05) is 42.5 Å². The van der Waals surface area contributed by atoms with Gasteiger partial charge in [0.15, 0.2) is 5.82 Å². The molecule has 0 unspecified atom stereocenters. The highest BCUT2D eigenvalue weighted by molar-refractivity contribution is 6.32. The molecule has 0 aromatic heterocycles. The zero-order valence-electron chi connectivity index (χ0n) is 12.7. The Morgan fingerprint density at radius 1 is 1.00 bits per heavy atom. The Balaban J connectivity index is 2.31. The number of pyridine rings is 1.